The van der Waals surface area contributed by atoms with E-state index in [9.17, 15) is 23.9 Å². The van der Waals surface area contributed by atoms with Crippen molar-refractivity contribution in [2.75, 3.05) is 16.8 Å². The molecule has 2 N–H and O–H groups in total. The lowest BCUT2D eigenvalue weighted by Gasteiger charge is -2.32. The number of benzene rings is 1. The second-order valence-electron chi connectivity index (χ2n) is 11.1. The van der Waals surface area contributed by atoms with E-state index in [-0.39, 0.29) is 17.0 Å². The third-order valence-electron chi connectivity index (χ3n) is 7.33. The minimum atomic E-state index is -0.580. The Labute approximate surface area is 220 Å². The number of hydrogen-bond donors (Lipinski definition) is 2. The highest BCUT2D eigenvalue weighted by atomic mass is 19.1. The van der Waals surface area contributed by atoms with Crippen molar-refractivity contribution in [3.63, 3.8) is 0 Å². The van der Waals surface area contributed by atoms with Crippen LogP contribution in [0.4, 0.5) is 15.8 Å². The molecule has 0 radical (unpaired) electrons. The zero-order valence-electron chi connectivity index (χ0n) is 22.0. The third-order valence-corrected chi connectivity index (χ3v) is 7.33. The summed E-state index contributed by atoms with van der Waals surface area (Å²) in [5, 5.41) is 12.7. The molecule has 1 aromatic carbocycles. The summed E-state index contributed by atoms with van der Waals surface area (Å²) >= 11 is 0. The molecule has 38 heavy (non-hydrogen) atoms. The van der Waals surface area contributed by atoms with Gasteiger partial charge >= 0.3 is 0 Å². The van der Waals surface area contributed by atoms with Crippen LogP contribution in [0.1, 0.15) is 60.4 Å². The first-order valence-electron chi connectivity index (χ1n) is 13.0. The monoisotopic (exact) mass is 520 g/mol. The third kappa shape index (κ3) is 4.78. The van der Waals surface area contributed by atoms with Crippen LogP contribution in [0.3, 0.4) is 0 Å². The molecule has 0 saturated heterocycles. The second-order valence-corrected chi connectivity index (χ2v) is 11.1. The number of aliphatic hydroxyl groups excluding tert-OH is 1. The Hall–Kier alpha value is -3.72. The standard InChI is InChI=1S/C26H27FN4O4.C3H6/c1-26(2)10-15-7-22-25(35)31(5-4-30(22)23(15)11-26)21-9-17(27)8-18(19(21)13-32)16-6-20(28-14-33)24(34)29(3)12-16;1-2-3-1/h6-9,12,14,32H,4-5,10-11,13H2,1-3H3,(H,28,33);1-3H2. The number of carbonyl (C=O) groups is 2. The van der Waals surface area contributed by atoms with Crippen LogP contribution in [-0.4, -0.2) is 33.1 Å². The SMILES string of the molecule is C1CC1.Cn1cc(-c2cc(F)cc(N3CCn4c(cc5c4CC(C)(C)C5)C3=O)c2CO)cc(NC=O)c1=O. The summed E-state index contributed by atoms with van der Waals surface area (Å²) in [6.07, 6.45) is 8.22. The van der Waals surface area contributed by atoms with Crippen molar-refractivity contribution in [2.24, 2.45) is 12.5 Å². The fraction of sp³-hybridized carbons (Fsp3) is 0.414. The van der Waals surface area contributed by atoms with Crippen molar-refractivity contribution in [3.05, 3.63) is 69.1 Å². The molecule has 0 unspecified atom stereocenters. The van der Waals surface area contributed by atoms with Gasteiger partial charge in [0.2, 0.25) is 6.41 Å². The number of nitrogens with zero attached hydrogens (tertiary/aromatic N) is 3. The highest BCUT2D eigenvalue weighted by molar-refractivity contribution is 6.07. The lowest BCUT2D eigenvalue weighted by molar-refractivity contribution is -0.105. The maximum atomic E-state index is 14.9. The summed E-state index contributed by atoms with van der Waals surface area (Å²) in [5.74, 6) is -0.817. The quantitative estimate of drug-likeness (QED) is 0.497. The van der Waals surface area contributed by atoms with E-state index in [1.54, 1.807) is 0 Å². The smallest absolute Gasteiger partial charge is 0.274 e. The van der Waals surface area contributed by atoms with Gasteiger partial charge in [-0.3, -0.25) is 14.4 Å². The molecule has 0 spiro atoms. The van der Waals surface area contributed by atoms with Crippen LogP contribution in [0, 0.1) is 11.2 Å². The number of amides is 2. The van der Waals surface area contributed by atoms with Crippen molar-refractivity contribution >= 4 is 23.7 Å². The maximum absolute atomic E-state index is 14.9. The van der Waals surface area contributed by atoms with Crippen LogP contribution in [0.5, 0.6) is 0 Å². The van der Waals surface area contributed by atoms with Gasteiger partial charge in [0.1, 0.15) is 17.2 Å². The number of anilines is 2. The summed E-state index contributed by atoms with van der Waals surface area (Å²) in [5.41, 5.74) is 4.14. The van der Waals surface area contributed by atoms with Gasteiger partial charge in [-0.1, -0.05) is 33.1 Å². The Morgan fingerprint density at radius 3 is 2.47 bits per heavy atom. The summed E-state index contributed by atoms with van der Waals surface area (Å²) in [6.45, 7) is 4.91. The van der Waals surface area contributed by atoms with Crippen molar-refractivity contribution in [1.29, 1.82) is 0 Å². The Morgan fingerprint density at radius 2 is 1.82 bits per heavy atom. The number of hydrogen-bond acceptors (Lipinski definition) is 4. The van der Waals surface area contributed by atoms with E-state index in [0.717, 1.165) is 12.8 Å². The zero-order chi connectivity index (χ0) is 27.2. The van der Waals surface area contributed by atoms with Gasteiger partial charge in [-0.25, -0.2) is 4.39 Å². The number of aryl methyl sites for hydroxylation is 1. The molecule has 3 aliphatic rings. The number of aromatic nitrogens is 2. The molecule has 2 amide bonds. The molecule has 0 atom stereocenters. The first-order chi connectivity index (χ1) is 18.1. The van der Waals surface area contributed by atoms with Gasteiger partial charge in [-0.2, -0.15) is 0 Å². The molecule has 200 valence electrons. The van der Waals surface area contributed by atoms with Crippen LogP contribution < -0.4 is 15.8 Å². The number of rotatable bonds is 5. The van der Waals surface area contributed by atoms with E-state index in [0.29, 0.717) is 47.6 Å². The Bertz CT molecular complexity index is 1480. The zero-order valence-corrected chi connectivity index (χ0v) is 22.0. The molecule has 9 heteroatoms. The number of carbonyl (C=O) groups excluding carboxylic acids is 2. The lowest BCUT2D eigenvalue weighted by atomic mass is 9.90. The van der Waals surface area contributed by atoms with Crippen molar-refractivity contribution < 1.29 is 19.1 Å². The minimum Gasteiger partial charge on any atom is -0.392 e. The molecule has 1 saturated carbocycles. The average molecular weight is 521 g/mol. The van der Waals surface area contributed by atoms with Gasteiger partial charge in [0.25, 0.3) is 11.5 Å². The van der Waals surface area contributed by atoms with Gasteiger partial charge in [0, 0.05) is 43.2 Å². The van der Waals surface area contributed by atoms with Gasteiger partial charge in [0.05, 0.1) is 12.3 Å². The highest BCUT2D eigenvalue weighted by Crippen LogP contribution is 2.40. The van der Waals surface area contributed by atoms with Gasteiger partial charge in [-0.15, -0.1) is 0 Å². The Kier molecular flexibility index (Phi) is 6.73. The molecule has 6 rings (SSSR count). The highest BCUT2D eigenvalue weighted by Gasteiger charge is 2.37. The number of nitrogens with one attached hydrogen (secondary N) is 1. The first-order valence-corrected chi connectivity index (χ1v) is 13.0. The molecule has 0 bridgehead atoms. The molecule has 3 aromatic rings. The van der Waals surface area contributed by atoms with Gasteiger partial charge in [-0.05, 0) is 53.6 Å². The fourth-order valence-electron chi connectivity index (χ4n) is 5.45. The van der Waals surface area contributed by atoms with Crippen molar-refractivity contribution in [3.8, 4) is 11.1 Å². The Balaban J connectivity index is 0.000000916. The van der Waals surface area contributed by atoms with Crippen LogP contribution in [-0.2, 0) is 37.8 Å². The summed E-state index contributed by atoms with van der Waals surface area (Å²) < 4.78 is 18.2. The number of fused-ring (bicyclic) bond motifs is 3. The molecule has 1 aliphatic heterocycles. The summed E-state index contributed by atoms with van der Waals surface area (Å²) in [7, 11) is 1.52. The molecule has 2 aromatic heterocycles. The largest absolute Gasteiger partial charge is 0.392 e. The number of halogens is 1. The van der Waals surface area contributed by atoms with E-state index < -0.39 is 18.0 Å². The molecular weight excluding hydrogens is 487 g/mol. The molecule has 3 heterocycles. The van der Waals surface area contributed by atoms with Crippen molar-refractivity contribution in [1.82, 2.24) is 9.13 Å². The summed E-state index contributed by atoms with van der Waals surface area (Å²) in [4.78, 5) is 38.3. The Morgan fingerprint density at radius 1 is 1.08 bits per heavy atom. The van der Waals surface area contributed by atoms with E-state index >= 15 is 0 Å². The van der Waals surface area contributed by atoms with Gasteiger partial charge in [0.15, 0.2) is 0 Å². The fourth-order valence-corrected chi connectivity index (χ4v) is 5.45. The topological polar surface area (TPSA) is 96.6 Å². The van der Waals surface area contributed by atoms with Gasteiger partial charge < -0.3 is 24.5 Å². The molecule has 2 aliphatic carbocycles. The van der Waals surface area contributed by atoms with Crippen LogP contribution >= 0.6 is 0 Å². The normalized spacial score (nSPS) is 16.9. The van der Waals surface area contributed by atoms with Crippen LogP contribution in [0.15, 0.2) is 35.3 Å². The predicted molar refractivity (Wildman–Crippen MR) is 144 cm³/mol. The van der Waals surface area contributed by atoms with Crippen LogP contribution in [0.25, 0.3) is 11.1 Å². The van der Waals surface area contributed by atoms with E-state index in [4.69, 9.17) is 0 Å². The van der Waals surface area contributed by atoms with Crippen molar-refractivity contribution in [2.45, 2.75) is 59.1 Å². The van der Waals surface area contributed by atoms with E-state index in [1.807, 2.05) is 6.07 Å². The second kappa shape index (κ2) is 9.87. The molecular formula is C29H33FN4O4. The average Bonchev–Trinajstić information content (AvgIpc) is 3.67. The first kappa shape index (κ1) is 25.9. The van der Waals surface area contributed by atoms with E-state index in [2.05, 4.69) is 23.7 Å². The summed E-state index contributed by atoms with van der Waals surface area (Å²) in [6, 6.07) is 5.90. The number of pyridine rings is 1. The number of aliphatic hydroxyl groups is 1. The maximum Gasteiger partial charge on any atom is 0.274 e. The van der Waals surface area contributed by atoms with Crippen LogP contribution in [0.2, 0.25) is 0 Å². The predicted octanol–water partition coefficient (Wildman–Crippen LogP) is 4.01. The minimum absolute atomic E-state index is 0.0269. The van der Waals surface area contributed by atoms with E-state index in [1.165, 1.54) is 71.4 Å². The molecule has 1 fully saturated rings. The lowest BCUT2D eigenvalue weighted by Crippen LogP contribution is -2.41. The molecule has 8 nitrogen and oxygen atoms in total.